The lowest BCUT2D eigenvalue weighted by molar-refractivity contribution is 0.316. The van der Waals surface area contributed by atoms with E-state index in [1.807, 2.05) is 0 Å². The molecule has 0 aliphatic carbocycles. The van der Waals surface area contributed by atoms with Gasteiger partial charge in [-0.1, -0.05) is 22.0 Å². The van der Waals surface area contributed by atoms with E-state index in [0.29, 0.717) is 18.0 Å². The summed E-state index contributed by atoms with van der Waals surface area (Å²) < 4.78 is 26.9. The molecule has 1 aromatic carbocycles. The smallest absolute Gasteiger partial charge is 0.243 e. The van der Waals surface area contributed by atoms with Gasteiger partial charge in [-0.15, -0.1) is 12.4 Å². The van der Waals surface area contributed by atoms with Crippen LogP contribution in [0.1, 0.15) is 12.8 Å². The molecule has 1 unspecified atom stereocenters. The third kappa shape index (κ3) is 3.45. The molecule has 0 radical (unpaired) electrons. The first kappa shape index (κ1) is 15.9. The Hall–Kier alpha value is -0.140. The van der Waals surface area contributed by atoms with Gasteiger partial charge in [-0.2, -0.15) is 4.31 Å². The summed E-state index contributed by atoms with van der Waals surface area (Å²) in [5.74, 6) is 0. The number of rotatable bonds is 2. The number of nitrogens with two attached hydrogens (primary N) is 1. The molecule has 0 amide bonds. The quantitative estimate of drug-likeness (QED) is 0.882. The van der Waals surface area contributed by atoms with E-state index in [9.17, 15) is 8.42 Å². The first-order valence-electron chi connectivity index (χ1n) is 5.51. The Morgan fingerprint density at radius 1 is 1.39 bits per heavy atom. The third-order valence-corrected chi connectivity index (χ3v) is 5.21. The van der Waals surface area contributed by atoms with Gasteiger partial charge in [0, 0.05) is 23.6 Å². The first-order valence-corrected chi connectivity index (χ1v) is 7.75. The van der Waals surface area contributed by atoms with Gasteiger partial charge < -0.3 is 5.73 Å². The summed E-state index contributed by atoms with van der Waals surface area (Å²) in [4.78, 5) is 0.320. The molecule has 1 aliphatic heterocycles. The van der Waals surface area contributed by atoms with Crippen molar-refractivity contribution in [2.24, 2.45) is 5.73 Å². The van der Waals surface area contributed by atoms with Gasteiger partial charge in [-0.05, 0) is 31.0 Å². The van der Waals surface area contributed by atoms with Gasteiger partial charge in [0.2, 0.25) is 10.0 Å². The fourth-order valence-corrected chi connectivity index (χ4v) is 4.10. The lowest BCUT2D eigenvalue weighted by atomic mass is 10.1. The van der Waals surface area contributed by atoms with Crippen molar-refractivity contribution in [1.29, 1.82) is 0 Å². The van der Waals surface area contributed by atoms with Crippen molar-refractivity contribution >= 4 is 38.4 Å². The second-order valence-electron chi connectivity index (χ2n) is 4.22. The number of hydrogen-bond donors (Lipinski definition) is 1. The monoisotopic (exact) mass is 354 g/mol. The highest BCUT2D eigenvalue weighted by molar-refractivity contribution is 9.10. The molecule has 1 atom stereocenters. The average molecular weight is 356 g/mol. The van der Waals surface area contributed by atoms with Crippen molar-refractivity contribution in [2.75, 3.05) is 13.1 Å². The van der Waals surface area contributed by atoms with E-state index in [1.165, 1.54) is 4.31 Å². The Morgan fingerprint density at radius 3 is 2.72 bits per heavy atom. The lowest BCUT2D eigenvalue weighted by Gasteiger charge is -2.29. The highest BCUT2D eigenvalue weighted by Gasteiger charge is 2.28. The van der Waals surface area contributed by atoms with Crippen LogP contribution in [-0.4, -0.2) is 31.9 Å². The molecule has 0 spiro atoms. The minimum Gasteiger partial charge on any atom is -0.327 e. The summed E-state index contributed by atoms with van der Waals surface area (Å²) in [5, 5.41) is 0. The van der Waals surface area contributed by atoms with E-state index >= 15 is 0 Å². The predicted molar refractivity (Wildman–Crippen MR) is 77.4 cm³/mol. The Morgan fingerprint density at radius 2 is 2.11 bits per heavy atom. The minimum atomic E-state index is -3.39. The second-order valence-corrected chi connectivity index (χ2v) is 7.08. The maximum atomic E-state index is 12.3. The number of piperidine rings is 1. The van der Waals surface area contributed by atoms with Gasteiger partial charge in [0.1, 0.15) is 0 Å². The summed E-state index contributed by atoms with van der Waals surface area (Å²) in [6.45, 7) is 0.970. The van der Waals surface area contributed by atoms with Crippen LogP contribution in [0.25, 0.3) is 0 Å². The van der Waals surface area contributed by atoms with Gasteiger partial charge in [0.15, 0.2) is 0 Å². The van der Waals surface area contributed by atoms with Crippen LogP contribution in [0.5, 0.6) is 0 Å². The molecule has 1 aliphatic rings. The fraction of sp³-hybridized carbons (Fsp3) is 0.455. The number of hydrogen-bond acceptors (Lipinski definition) is 3. The molecule has 1 heterocycles. The molecular weight excluding hydrogens is 340 g/mol. The molecule has 18 heavy (non-hydrogen) atoms. The molecule has 0 saturated carbocycles. The summed E-state index contributed by atoms with van der Waals surface area (Å²) in [6.07, 6.45) is 1.72. The number of halogens is 2. The fourth-order valence-electron chi connectivity index (χ4n) is 1.97. The zero-order chi connectivity index (χ0) is 12.5. The van der Waals surface area contributed by atoms with Crippen molar-refractivity contribution in [3.05, 3.63) is 28.7 Å². The predicted octanol–water partition coefficient (Wildman–Crippen LogP) is 1.98. The maximum Gasteiger partial charge on any atom is 0.243 e. The molecule has 1 saturated heterocycles. The van der Waals surface area contributed by atoms with E-state index < -0.39 is 10.0 Å². The van der Waals surface area contributed by atoms with Crippen molar-refractivity contribution in [1.82, 2.24) is 4.31 Å². The molecule has 1 aromatic rings. The van der Waals surface area contributed by atoms with Crippen LogP contribution in [0.15, 0.2) is 33.6 Å². The van der Waals surface area contributed by atoms with E-state index in [4.69, 9.17) is 5.73 Å². The minimum absolute atomic E-state index is 0. The molecule has 1 fully saturated rings. The molecule has 2 rings (SSSR count). The SMILES string of the molecule is Cl.NC1CCCN(S(=O)(=O)c2cccc(Br)c2)C1. The summed E-state index contributed by atoms with van der Waals surface area (Å²) >= 11 is 3.28. The van der Waals surface area contributed by atoms with E-state index in [0.717, 1.165) is 17.3 Å². The van der Waals surface area contributed by atoms with Gasteiger partial charge in [0.25, 0.3) is 0 Å². The molecule has 0 bridgehead atoms. The summed E-state index contributed by atoms with van der Waals surface area (Å²) in [5.41, 5.74) is 5.81. The van der Waals surface area contributed by atoms with Crippen LogP contribution in [0.3, 0.4) is 0 Å². The van der Waals surface area contributed by atoms with Crippen LogP contribution >= 0.6 is 28.3 Å². The Labute approximate surface area is 122 Å². The Kier molecular flexibility index (Phi) is 5.61. The molecule has 0 aromatic heterocycles. The molecule has 102 valence electrons. The van der Waals surface area contributed by atoms with Crippen molar-refractivity contribution in [3.8, 4) is 0 Å². The molecule has 4 nitrogen and oxygen atoms in total. The van der Waals surface area contributed by atoms with Crippen LogP contribution in [-0.2, 0) is 10.0 Å². The van der Waals surface area contributed by atoms with Gasteiger partial charge in [0.05, 0.1) is 4.90 Å². The lowest BCUT2D eigenvalue weighted by Crippen LogP contribution is -2.45. The van der Waals surface area contributed by atoms with Crippen LogP contribution in [0, 0.1) is 0 Å². The normalized spacial score (nSPS) is 21.3. The van der Waals surface area contributed by atoms with Crippen LogP contribution in [0.4, 0.5) is 0 Å². The highest BCUT2D eigenvalue weighted by Crippen LogP contribution is 2.22. The Bertz CT molecular complexity index is 510. The number of sulfonamides is 1. The number of nitrogens with zero attached hydrogens (tertiary/aromatic N) is 1. The topological polar surface area (TPSA) is 63.4 Å². The molecular formula is C11H16BrClN2O2S. The number of benzene rings is 1. The Balaban J connectivity index is 0.00000162. The summed E-state index contributed by atoms with van der Waals surface area (Å²) in [6, 6.07) is 6.71. The standard InChI is InChI=1S/C11H15BrN2O2S.ClH/c12-9-3-1-5-11(7-9)17(15,16)14-6-2-4-10(13)8-14;/h1,3,5,7,10H,2,4,6,8,13H2;1H. The zero-order valence-corrected chi connectivity index (χ0v) is 13.0. The second kappa shape index (κ2) is 6.34. The van der Waals surface area contributed by atoms with Crippen molar-refractivity contribution in [3.63, 3.8) is 0 Å². The highest BCUT2D eigenvalue weighted by atomic mass is 79.9. The first-order chi connectivity index (χ1) is 8.00. The van der Waals surface area contributed by atoms with E-state index in [1.54, 1.807) is 24.3 Å². The van der Waals surface area contributed by atoms with Gasteiger partial charge in [-0.3, -0.25) is 0 Å². The molecule has 2 N–H and O–H groups in total. The van der Waals surface area contributed by atoms with Crippen LogP contribution in [0.2, 0.25) is 0 Å². The van der Waals surface area contributed by atoms with Crippen molar-refractivity contribution in [2.45, 2.75) is 23.8 Å². The van der Waals surface area contributed by atoms with E-state index in [-0.39, 0.29) is 18.4 Å². The molecule has 7 heteroatoms. The van der Waals surface area contributed by atoms with Gasteiger partial charge >= 0.3 is 0 Å². The van der Waals surface area contributed by atoms with Gasteiger partial charge in [-0.25, -0.2) is 8.42 Å². The summed E-state index contributed by atoms with van der Waals surface area (Å²) in [7, 11) is -3.39. The van der Waals surface area contributed by atoms with Crippen molar-refractivity contribution < 1.29 is 8.42 Å². The largest absolute Gasteiger partial charge is 0.327 e. The third-order valence-electron chi connectivity index (χ3n) is 2.85. The van der Waals surface area contributed by atoms with E-state index in [2.05, 4.69) is 15.9 Å². The average Bonchev–Trinajstić information content (AvgIpc) is 2.29. The maximum absolute atomic E-state index is 12.3. The zero-order valence-electron chi connectivity index (χ0n) is 9.75. The van der Waals surface area contributed by atoms with Crippen LogP contribution < -0.4 is 5.73 Å².